The average Bonchev–Trinajstić information content (AvgIpc) is 2.19. The smallest absolute Gasteiger partial charge is 0.317 e. The van der Waals surface area contributed by atoms with Crippen molar-refractivity contribution in [3.05, 3.63) is 0 Å². The zero-order chi connectivity index (χ0) is 12.8. The van der Waals surface area contributed by atoms with Gasteiger partial charge in [-0.3, -0.25) is 14.5 Å². The van der Waals surface area contributed by atoms with Crippen molar-refractivity contribution in [1.82, 2.24) is 4.90 Å². The van der Waals surface area contributed by atoms with Gasteiger partial charge >= 0.3 is 11.9 Å². The highest BCUT2D eigenvalue weighted by atomic mass is 16.4. The van der Waals surface area contributed by atoms with E-state index in [-0.39, 0.29) is 13.1 Å². The number of aliphatic carboxylic acids is 2. The third-order valence-electron chi connectivity index (χ3n) is 3.37. The first-order valence-corrected chi connectivity index (χ1v) is 6.13. The number of hydrogen-bond donors (Lipinski definition) is 2. The molecule has 1 rings (SSSR count). The molecule has 0 bridgehead atoms. The third-order valence-corrected chi connectivity index (χ3v) is 3.37. The van der Waals surface area contributed by atoms with Crippen molar-refractivity contribution < 1.29 is 19.8 Å². The van der Waals surface area contributed by atoms with Crippen molar-refractivity contribution in [2.75, 3.05) is 19.6 Å². The molecule has 0 saturated heterocycles. The van der Waals surface area contributed by atoms with Crippen LogP contribution in [0.5, 0.6) is 0 Å². The summed E-state index contributed by atoms with van der Waals surface area (Å²) in [4.78, 5) is 22.8. The highest BCUT2D eigenvalue weighted by Gasteiger charge is 2.22. The quantitative estimate of drug-likeness (QED) is 0.735. The molecular weight excluding hydrogens is 222 g/mol. The molecule has 98 valence electrons. The van der Waals surface area contributed by atoms with Crippen molar-refractivity contribution in [2.24, 2.45) is 11.8 Å². The first-order chi connectivity index (χ1) is 7.97. The largest absolute Gasteiger partial charge is 0.480 e. The molecule has 1 fully saturated rings. The Morgan fingerprint density at radius 2 is 1.53 bits per heavy atom. The summed E-state index contributed by atoms with van der Waals surface area (Å²) in [5.74, 6) is -0.727. The van der Waals surface area contributed by atoms with E-state index < -0.39 is 11.9 Å². The molecule has 1 aliphatic rings. The zero-order valence-corrected chi connectivity index (χ0v) is 10.3. The van der Waals surface area contributed by atoms with Crippen molar-refractivity contribution in [2.45, 2.75) is 32.6 Å². The summed E-state index contributed by atoms with van der Waals surface area (Å²) >= 11 is 0. The van der Waals surface area contributed by atoms with Gasteiger partial charge in [0.2, 0.25) is 0 Å². The average molecular weight is 243 g/mol. The summed E-state index contributed by atoms with van der Waals surface area (Å²) < 4.78 is 0. The fourth-order valence-corrected chi connectivity index (χ4v) is 2.44. The van der Waals surface area contributed by atoms with Crippen LogP contribution in [0.2, 0.25) is 0 Å². The Balaban J connectivity index is 2.41. The molecule has 0 aromatic heterocycles. The van der Waals surface area contributed by atoms with Crippen LogP contribution in [-0.4, -0.2) is 46.7 Å². The Labute approximate surface area is 101 Å². The van der Waals surface area contributed by atoms with Crippen LogP contribution < -0.4 is 0 Å². The number of carboxylic acid groups (broad SMARTS) is 2. The molecular formula is C12H21NO4. The highest BCUT2D eigenvalue weighted by molar-refractivity contribution is 5.72. The van der Waals surface area contributed by atoms with Crippen molar-refractivity contribution in [1.29, 1.82) is 0 Å². The Hall–Kier alpha value is -1.10. The van der Waals surface area contributed by atoms with Crippen molar-refractivity contribution >= 4 is 11.9 Å². The molecule has 5 heteroatoms. The van der Waals surface area contributed by atoms with Crippen LogP contribution in [0.15, 0.2) is 0 Å². The third kappa shape index (κ3) is 5.68. The lowest BCUT2D eigenvalue weighted by molar-refractivity contribution is -0.142. The molecule has 17 heavy (non-hydrogen) atoms. The van der Waals surface area contributed by atoms with Crippen LogP contribution in [-0.2, 0) is 9.59 Å². The first kappa shape index (κ1) is 14.0. The number of carbonyl (C=O) groups is 2. The second-order valence-electron chi connectivity index (χ2n) is 5.08. The lowest BCUT2D eigenvalue weighted by atomic mass is 9.83. The van der Waals surface area contributed by atoms with Gasteiger partial charge < -0.3 is 10.2 Å². The van der Waals surface area contributed by atoms with E-state index in [1.165, 1.54) is 17.7 Å². The van der Waals surface area contributed by atoms with Crippen LogP contribution in [0.1, 0.15) is 32.6 Å². The normalized spacial score (nSPS) is 24.8. The summed E-state index contributed by atoms with van der Waals surface area (Å²) in [6.07, 6.45) is 4.49. The summed E-state index contributed by atoms with van der Waals surface area (Å²) in [6, 6.07) is 0. The van der Waals surface area contributed by atoms with Gasteiger partial charge in [-0.15, -0.1) is 0 Å². The lowest BCUT2D eigenvalue weighted by Crippen LogP contribution is -2.38. The fourth-order valence-electron chi connectivity index (χ4n) is 2.44. The van der Waals surface area contributed by atoms with Crippen LogP contribution in [0.4, 0.5) is 0 Å². The van der Waals surface area contributed by atoms with E-state index in [0.717, 1.165) is 18.8 Å². The van der Waals surface area contributed by atoms with E-state index in [1.54, 1.807) is 0 Å². The highest BCUT2D eigenvalue weighted by Crippen LogP contribution is 2.28. The summed E-state index contributed by atoms with van der Waals surface area (Å²) in [5, 5.41) is 17.5. The van der Waals surface area contributed by atoms with Crippen LogP contribution in [0.3, 0.4) is 0 Å². The molecule has 0 unspecified atom stereocenters. The maximum atomic E-state index is 10.7. The maximum absolute atomic E-state index is 10.7. The predicted molar refractivity (Wildman–Crippen MR) is 62.8 cm³/mol. The summed E-state index contributed by atoms with van der Waals surface area (Å²) in [7, 11) is 0. The standard InChI is InChI=1S/C12H21NO4/c1-9-2-4-10(5-3-9)6-13(7-11(14)15)8-12(16)17/h9-10H,2-8H2,1H3,(H,14,15)(H,16,17). The minimum absolute atomic E-state index is 0.182. The molecule has 0 heterocycles. The molecule has 2 N–H and O–H groups in total. The number of nitrogens with zero attached hydrogens (tertiary/aromatic N) is 1. The van der Waals surface area contributed by atoms with E-state index in [2.05, 4.69) is 6.92 Å². The van der Waals surface area contributed by atoms with Gasteiger partial charge in [0.15, 0.2) is 0 Å². The fraction of sp³-hybridized carbons (Fsp3) is 0.833. The van der Waals surface area contributed by atoms with Crippen molar-refractivity contribution in [3.63, 3.8) is 0 Å². The van der Waals surface area contributed by atoms with E-state index in [0.29, 0.717) is 12.5 Å². The SMILES string of the molecule is CC1CCC(CN(CC(=O)O)CC(=O)O)CC1. The number of hydrogen-bond acceptors (Lipinski definition) is 3. The Morgan fingerprint density at radius 1 is 1.06 bits per heavy atom. The monoisotopic (exact) mass is 243 g/mol. The van der Waals surface area contributed by atoms with Gasteiger partial charge in [-0.25, -0.2) is 0 Å². The van der Waals surface area contributed by atoms with Gasteiger partial charge in [-0.1, -0.05) is 19.8 Å². The first-order valence-electron chi connectivity index (χ1n) is 6.13. The topological polar surface area (TPSA) is 77.8 Å². The van der Waals surface area contributed by atoms with E-state index in [9.17, 15) is 9.59 Å². The summed E-state index contributed by atoms with van der Waals surface area (Å²) in [5.41, 5.74) is 0. The number of carboxylic acids is 2. The second kappa shape index (κ2) is 6.59. The van der Waals surface area contributed by atoms with E-state index in [4.69, 9.17) is 10.2 Å². The van der Waals surface area contributed by atoms with Gasteiger partial charge in [-0.05, 0) is 24.7 Å². The Kier molecular flexibility index (Phi) is 5.41. The molecule has 0 aliphatic heterocycles. The minimum Gasteiger partial charge on any atom is -0.480 e. The van der Waals surface area contributed by atoms with Gasteiger partial charge in [0.1, 0.15) is 0 Å². The molecule has 1 aliphatic carbocycles. The van der Waals surface area contributed by atoms with E-state index in [1.807, 2.05) is 0 Å². The molecule has 0 spiro atoms. The van der Waals surface area contributed by atoms with Gasteiger partial charge in [0, 0.05) is 6.54 Å². The molecule has 5 nitrogen and oxygen atoms in total. The summed E-state index contributed by atoms with van der Waals surface area (Å²) in [6.45, 7) is 2.45. The second-order valence-corrected chi connectivity index (χ2v) is 5.08. The van der Waals surface area contributed by atoms with Crippen LogP contribution in [0, 0.1) is 11.8 Å². The Bertz CT molecular complexity index is 256. The van der Waals surface area contributed by atoms with Crippen LogP contribution in [0.25, 0.3) is 0 Å². The molecule has 1 saturated carbocycles. The van der Waals surface area contributed by atoms with Gasteiger partial charge in [0.05, 0.1) is 13.1 Å². The van der Waals surface area contributed by atoms with Gasteiger partial charge in [-0.2, -0.15) is 0 Å². The molecule has 0 aromatic rings. The predicted octanol–water partition coefficient (Wildman–Crippen LogP) is 1.28. The van der Waals surface area contributed by atoms with Crippen LogP contribution >= 0.6 is 0 Å². The van der Waals surface area contributed by atoms with E-state index >= 15 is 0 Å². The molecule has 0 atom stereocenters. The Morgan fingerprint density at radius 3 is 1.94 bits per heavy atom. The number of rotatable bonds is 6. The molecule has 0 aromatic carbocycles. The zero-order valence-electron chi connectivity index (χ0n) is 10.3. The lowest BCUT2D eigenvalue weighted by Gasteiger charge is -2.30. The van der Waals surface area contributed by atoms with Crippen molar-refractivity contribution in [3.8, 4) is 0 Å². The molecule has 0 amide bonds. The van der Waals surface area contributed by atoms with Gasteiger partial charge in [0.25, 0.3) is 0 Å². The maximum Gasteiger partial charge on any atom is 0.317 e. The minimum atomic E-state index is -0.963. The molecule has 0 radical (unpaired) electrons.